The molecular weight excluding hydrogens is 398 g/mol. The molecule has 172 valence electrons. The first-order valence-electron chi connectivity index (χ1n) is 10.9. The molecule has 31 heavy (non-hydrogen) atoms. The zero-order valence-corrected chi connectivity index (χ0v) is 19.1. The number of amides is 3. The van der Waals surface area contributed by atoms with E-state index in [4.69, 9.17) is 9.47 Å². The number of hydrogen-bond donors (Lipinski definition) is 1. The van der Waals surface area contributed by atoms with Gasteiger partial charge in [0.2, 0.25) is 11.8 Å². The van der Waals surface area contributed by atoms with Gasteiger partial charge >= 0.3 is 6.09 Å². The summed E-state index contributed by atoms with van der Waals surface area (Å²) in [7, 11) is 0. The molecule has 0 atom stereocenters. The summed E-state index contributed by atoms with van der Waals surface area (Å²) in [6, 6.07) is 7.57. The van der Waals surface area contributed by atoms with Crippen molar-refractivity contribution in [1.82, 2.24) is 15.1 Å². The third-order valence-electron chi connectivity index (χ3n) is 4.80. The lowest BCUT2D eigenvalue weighted by molar-refractivity contribution is -0.133. The fraction of sp³-hybridized carbons (Fsp3) is 0.609. The summed E-state index contributed by atoms with van der Waals surface area (Å²) in [4.78, 5) is 40.5. The van der Waals surface area contributed by atoms with Gasteiger partial charge in [0.05, 0.1) is 13.0 Å². The van der Waals surface area contributed by atoms with Gasteiger partial charge in [0.15, 0.2) is 0 Å². The van der Waals surface area contributed by atoms with E-state index in [0.717, 1.165) is 17.7 Å². The Hall–Kier alpha value is -2.77. The minimum atomic E-state index is -0.569. The SMILES string of the molecule is CCOc1ccc(CC(=O)N2CCCN(C(=O)CCNC(=O)OC(C)(C)C)CC2)cc1. The van der Waals surface area contributed by atoms with Gasteiger partial charge < -0.3 is 24.6 Å². The van der Waals surface area contributed by atoms with Crippen molar-refractivity contribution in [3.63, 3.8) is 0 Å². The van der Waals surface area contributed by atoms with E-state index in [9.17, 15) is 14.4 Å². The summed E-state index contributed by atoms with van der Waals surface area (Å²) in [5, 5.41) is 2.61. The average Bonchev–Trinajstić information content (AvgIpc) is 2.94. The van der Waals surface area contributed by atoms with Crippen LogP contribution in [0.1, 0.15) is 46.1 Å². The zero-order chi connectivity index (χ0) is 22.9. The molecule has 2 rings (SSSR count). The van der Waals surface area contributed by atoms with Crippen LogP contribution < -0.4 is 10.1 Å². The maximum Gasteiger partial charge on any atom is 0.407 e. The van der Waals surface area contributed by atoms with Gasteiger partial charge in [0.25, 0.3) is 0 Å². The van der Waals surface area contributed by atoms with Gasteiger partial charge in [0.1, 0.15) is 11.4 Å². The molecule has 8 nitrogen and oxygen atoms in total. The Balaban J connectivity index is 1.75. The molecule has 3 amide bonds. The molecule has 1 aromatic rings. The average molecular weight is 434 g/mol. The number of nitrogens with zero attached hydrogens (tertiary/aromatic N) is 2. The third kappa shape index (κ3) is 8.86. The van der Waals surface area contributed by atoms with Crippen LogP contribution in [0, 0.1) is 0 Å². The van der Waals surface area contributed by atoms with Crippen LogP contribution in [0.5, 0.6) is 5.75 Å². The summed E-state index contributed by atoms with van der Waals surface area (Å²) in [6.45, 7) is 10.4. The van der Waals surface area contributed by atoms with Crippen LogP contribution in [0.2, 0.25) is 0 Å². The molecule has 1 aliphatic heterocycles. The highest BCUT2D eigenvalue weighted by atomic mass is 16.6. The normalized spacial score (nSPS) is 14.6. The summed E-state index contributed by atoms with van der Waals surface area (Å²) < 4.78 is 10.6. The minimum absolute atomic E-state index is 0.0307. The largest absolute Gasteiger partial charge is 0.494 e. The lowest BCUT2D eigenvalue weighted by Crippen LogP contribution is -2.39. The molecule has 1 heterocycles. The predicted octanol–water partition coefficient (Wildman–Crippen LogP) is 2.60. The summed E-state index contributed by atoms with van der Waals surface area (Å²) in [6.07, 6.45) is 0.752. The van der Waals surface area contributed by atoms with E-state index in [1.807, 2.05) is 36.1 Å². The van der Waals surface area contributed by atoms with Gasteiger partial charge in [0, 0.05) is 39.1 Å². The van der Waals surface area contributed by atoms with Gasteiger partial charge in [-0.2, -0.15) is 0 Å². The smallest absolute Gasteiger partial charge is 0.407 e. The topological polar surface area (TPSA) is 88.2 Å². The molecule has 8 heteroatoms. The van der Waals surface area contributed by atoms with E-state index in [-0.39, 0.29) is 24.8 Å². The Labute approximate surface area is 184 Å². The molecule has 1 aromatic carbocycles. The second-order valence-electron chi connectivity index (χ2n) is 8.55. The van der Waals surface area contributed by atoms with Crippen LogP contribution in [0.3, 0.4) is 0 Å². The molecule has 0 aromatic heterocycles. The summed E-state index contributed by atoms with van der Waals surface area (Å²) in [5.41, 5.74) is 0.374. The first-order chi connectivity index (χ1) is 14.7. The van der Waals surface area contributed by atoms with E-state index in [1.54, 1.807) is 25.7 Å². The molecule has 0 aliphatic carbocycles. The molecule has 0 unspecified atom stereocenters. The van der Waals surface area contributed by atoms with E-state index in [0.29, 0.717) is 39.2 Å². The molecule has 1 N–H and O–H groups in total. The summed E-state index contributed by atoms with van der Waals surface area (Å²) >= 11 is 0. The Bertz CT molecular complexity index is 743. The van der Waals surface area contributed by atoms with Gasteiger partial charge in [-0.3, -0.25) is 9.59 Å². The van der Waals surface area contributed by atoms with E-state index in [2.05, 4.69) is 5.32 Å². The highest BCUT2D eigenvalue weighted by Crippen LogP contribution is 2.14. The van der Waals surface area contributed by atoms with E-state index >= 15 is 0 Å². The molecule has 1 saturated heterocycles. The van der Waals surface area contributed by atoms with Crippen LogP contribution in [-0.4, -0.2) is 72.6 Å². The number of alkyl carbamates (subject to hydrolysis) is 1. The van der Waals surface area contributed by atoms with Crippen molar-refractivity contribution in [2.75, 3.05) is 39.3 Å². The van der Waals surface area contributed by atoms with E-state index < -0.39 is 11.7 Å². The lowest BCUT2D eigenvalue weighted by atomic mass is 10.1. The van der Waals surface area contributed by atoms with Crippen molar-refractivity contribution >= 4 is 17.9 Å². The zero-order valence-electron chi connectivity index (χ0n) is 19.1. The van der Waals surface area contributed by atoms with Crippen LogP contribution >= 0.6 is 0 Å². The Morgan fingerprint density at radius 3 is 2.16 bits per heavy atom. The second kappa shape index (κ2) is 11.6. The van der Waals surface area contributed by atoms with Crippen molar-refractivity contribution in [2.24, 2.45) is 0 Å². The van der Waals surface area contributed by atoms with Crippen LogP contribution in [0.25, 0.3) is 0 Å². The maximum absolute atomic E-state index is 12.7. The molecule has 0 spiro atoms. The van der Waals surface area contributed by atoms with Gasteiger partial charge in [-0.05, 0) is 51.8 Å². The van der Waals surface area contributed by atoms with Gasteiger partial charge in [-0.25, -0.2) is 4.79 Å². The quantitative estimate of drug-likeness (QED) is 0.714. The monoisotopic (exact) mass is 433 g/mol. The molecule has 1 aliphatic rings. The van der Waals surface area contributed by atoms with Crippen molar-refractivity contribution in [1.29, 1.82) is 0 Å². The summed E-state index contributed by atoms with van der Waals surface area (Å²) in [5.74, 6) is 0.825. The van der Waals surface area contributed by atoms with Gasteiger partial charge in [-0.1, -0.05) is 12.1 Å². The number of benzene rings is 1. The first-order valence-corrected chi connectivity index (χ1v) is 10.9. The standard InChI is InChI=1S/C23H35N3O5/c1-5-30-19-9-7-18(8-10-19)17-21(28)26-14-6-13-25(15-16-26)20(27)11-12-24-22(29)31-23(2,3)4/h7-10H,5-6,11-17H2,1-4H3,(H,24,29). The molecule has 0 saturated carbocycles. The Morgan fingerprint density at radius 1 is 0.968 bits per heavy atom. The molecule has 0 radical (unpaired) electrons. The van der Waals surface area contributed by atoms with Crippen molar-refractivity contribution in [3.05, 3.63) is 29.8 Å². The highest BCUT2D eigenvalue weighted by molar-refractivity contribution is 5.80. The second-order valence-corrected chi connectivity index (χ2v) is 8.55. The minimum Gasteiger partial charge on any atom is -0.494 e. The fourth-order valence-corrected chi connectivity index (χ4v) is 3.32. The van der Waals surface area contributed by atoms with Crippen LogP contribution in [-0.2, 0) is 20.7 Å². The lowest BCUT2D eigenvalue weighted by Gasteiger charge is -2.23. The third-order valence-corrected chi connectivity index (χ3v) is 4.80. The number of carbonyl (C=O) groups excluding carboxylic acids is 3. The fourth-order valence-electron chi connectivity index (χ4n) is 3.32. The van der Waals surface area contributed by atoms with Crippen LogP contribution in [0.15, 0.2) is 24.3 Å². The number of nitrogens with one attached hydrogen (secondary N) is 1. The Kier molecular flexibility index (Phi) is 9.15. The van der Waals surface area contributed by atoms with Crippen molar-refractivity contribution in [2.45, 2.75) is 52.6 Å². The molecule has 1 fully saturated rings. The number of rotatable bonds is 7. The maximum atomic E-state index is 12.7. The highest BCUT2D eigenvalue weighted by Gasteiger charge is 2.22. The number of ether oxygens (including phenoxy) is 2. The van der Waals surface area contributed by atoms with Crippen LogP contribution in [0.4, 0.5) is 4.79 Å². The van der Waals surface area contributed by atoms with Gasteiger partial charge in [-0.15, -0.1) is 0 Å². The predicted molar refractivity (Wildman–Crippen MR) is 118 cm³/mol. The molecular formula is C23H35N3O5. The Morgan fingerprint density at radius 2 is 1.58 bits per heavy atom. The van der Waals surface area contributed by atoms with Crippen molar-refractivity contribution < 1.29 is 23.9 Å². The van der Waals surface area contributed by atoms with Crippen molar-refractivity contribution in [3.8, 4) is 5.75 Å². The first kappa shape index (κ1) is 24.5. The number of hydrogen-bond acceptors (Lipinski definition) is 5. The molecule has 0 bridgehead atoms. The van der Waals surface area contributed by atoms with E-state index in [1.165, 1.54) is 0 Å². The number of carbonyl (C=O) groups is 3.